The Balaban J connectivity index is 1.57. The maximum Gasteiger partial charge on any atom is 0.130 e. The van der Waals surface area contributed by atoms with E-state index in [1.807, 2.05) is 55.5 Å². The fourth-order valence-corrected chi connectivity index (χ4v) is 2.66. The number of amidine groups is 1. The highest BCUT2D eigenvalue weighted by Gasteiger charge is 2.04. The number of pyridine rings is 1. The molecular formula is C21H23N3O2. The Kier molecular flexibility index (Phi) is 5.69. The van der Waals surface area contributed by atoms with Crippen LogP contribution in [0, 0.1) is 12.3 Å². The summed E-state index contributed by atoms with van der Waals surface area (Å²) in [5.41, 5.74) is 8.22. The van der Waals surface area contributed by atoms with Gasteiger partial charge in [-0.1, -0.05) is 24.3 Å². The van der Waals surface area contributed by atoms with Crippen molar-refractivity contribution in [1.82, 2.24) is 4.98 Å². The van der Waals surface area contributed by atoms with Gasteiger partial charge in [0.05, 0.1) is 23.7 Å². The monoisotopic (exact) mass is 349 g/mol. The summed E-state index contributed by atoms with van der Waals surface area (Å²) in [6.45, 7) is 2.95. The second kappa shape index (κ2) is 8.34. The Bertz CT molecular complexity index is 909. The van der Waals surface area contributed by atoms with Crippen molar-refractivity contribution in [2.24, 2.45) is 5.73 Å². The van der Waals surface area contributed by atoms with E-state index in [1.165, 1.54) is 0 Å². The van der Waals surface area contributed by atoms with Crippen LogP contribution in [0.15, 0.2) is 54.6 Å². The molecule has 0 aliphatic carbocycles. The molecule has 5 nitrogen and oxygen atoms in total. The summed E-state index contributed by atoms with van der Waals surface area (Å²) in [7, 11) is 0. The largest absolute Gasteiger partial charge is 0.493 e. The van der Waals surface area contributed by atoms with E-state index in [0.717, 1.165) is 40.1 Å². The molecule has 0 spiro atoms. The number of fused-ring (bicyclic) bond motifs is 1. The number of nitrogens with zero attached hydrogens (tertiary/aromatic N) is 1. The molecule has 0 fully saturated rings. The maximum atomic E-state index is 7.21. The molecule has 1 heterocycles. The van der Waals surface area contributed by atoms with E-state index in [1.54, 1.807) is 0 Å². The van der Waals surface area contributed by atoms with Gasteiger partial charge in [-0.25, -0.2) is 4.98 Å². The third-order valence-corrected chi connectivity index (χ3v) is 4.04. The normalized spacial score (nSPS) is 10.7. The summed E-state index contributed by atoms with van der Waals surface area (Å²) >= 11 is 0. The lowest BCUT2D eigenvalue weighted by Gasteiger charge is -2.12. The molecule has 3 rings (SSSR count). The average Bonchev–Trinajstić information content (AvgIpc) is 2.64. The molecule has 3 aromatic rings. The fourth-order valence-electron chi connectivity index (χ4n) is 2.66. The molecule has 0 radical (unpaired) electrons. The average molecular weight is 349 g/mol. The minimum absolute atomic E-state index is 0.191. The maximum absolute atomic E-state index is 7.21. The topological polar surface area (TPSA) is 81.2 Å². The van der Waals surface area contributed by atoms with E-state index in [0.29, 0.717) is 19.6 Å². The van der Waals surface area contributed by atoms with Crippen molar-refractivity contribution >= 4 is 16.7 Å². The number of aromatic nitrogens is 1. The van der Waals surface area contributed by atoms with E-state index in [4.69, 9.17) is 20.6 Å². The lowest BCUT2D eigenvalue weighted by atomic mass is 10.2. The number of hydrogen-bond acceptors (Lipinski definition) is 4. The van der Waals surface area contributed by atoms with Crippen LogP contribution in [-0.2, 0) is 6.61 Å². The first kappa shape index (κ1) is 17.7. The first-order valence-corrected chi connectivity index (χ1v) is 8.65. The molecule has 3 N–H and O–H groups in total. The van der Waals surface area contributed by atoms with E-state index in [-0.39, 0.29) is 5.84 Å². The lowest BCUT2D eigenvalue weighted by Crippen LogP contribution is -2.11. The molecule has 2 aromatic carbocycles. The van der Waals surface area contributed by atoms with E-state index >= 15 is 0 Å². The molecule has 5 heteroatoms. The Labute approximate surface area is 153 Å². The van der Waals surface area contributed by atoms with Crippen molar-refractivity contribution in [3.63, 3.8) is 0 Å². The Morgan fingerprint density at radius 2 is 1.92 bits per heavy atom. The number of nitrogens with one attached hydrogen (secondary N) is 1. The zero-order valence-corrected chi connectivity index (χ0v) is 14.9. The zero-order valence-electron chi connectivity index (χ0n) is 14.9. The summed E-state index contributed by atoms with van der Waals surface area (Å²) in [5, 5.41) is 8.33. The van der Waals surface area contributed by atoms with Crippen LogP contribution in [0.2, 0.25) is 0 Å². The van der Waals surface area contributed by atoms with Crippen LogP contribution in [0.5, 0.6) is 11.5 Å². The number of rotatable bonds is 8. The van der Waals surface area contributed by atoms with Gasteiger partial charge >= 0.3 is 0 Å². The van der Waals surface area contributed by atoms with Gasteiger partial charge in [-0.3, -0.25) is 5.41 Å². The fraction of sp³-hybridized carbons (Fsp3) is 0.238. The van der Waals surface area contributed by atoms with Gasteiger partial charge in [0.25, 0.3) is 0 Å². The van der Waals surface area contributed by atoms with Crippen molar-refractivity contribution in [2.45, 2.75) is 26.4 Å². The minimum atomic E-state index is 0.191. The van der Waals surface area contributed by atoms with Crippen LogP contribution in [-0.4, -0.2) is 17.4 Å². The van der Waals surface area contributed by atoms with E-state index < -0.39 is 0 Å². The molecule has 0 aliphatic rings. The summed E-state index contributed by atoms with van der Waals surface area (Å²) < 4.78 is 11.6. The number of para-hydroxylation sites is 1. The summed E-state index contributed by atoms with van der Waals surface area (Å²) in [6.07, 6.45) is 1.29. The second-order valence-electron chi connectivity index (χ2n) is 6.19. The summed E-state index contributed by atoms with van der Waals surface area (Å²) in [5.74, 6) is 1.80. The number of hydrogen-bond donors (Lipinski definition) is 2. The Hall–Kier alpha value is -3.08. The quantitative estimate of drug-likeness (QED) is 0.362. The van der Waals surface area contributed by atoms with Gasteiger partial charge in [0.15, 0.2) is 0 Å². The molecule has 1 aromatic heterocycles. The number of benzene rings is 2. The second-order valence-corrected chi connectivity index (χ2v) is 6.19. The third kappa shape index (κ3) is 4.72. The van der Waals surface area contributed by atoms with Crippen molar-refractivity contribution in [1.29, 1.82) is 5.41 Å². The molecule has 134 valence electrons. The predicted molar refractivity (Wildman–Crippen MR) is 104 cm³/mol. The molecule has 26 heavy (non-hydrogen) atoms. The smallest absolute Gasteiger partial charge is 0.130 e. The van der Waals surface area contributed by atoms with Gasteiger partial charge in [0, 0.05) is 11.8 Å². The highest BCUT2D eigenvalue weighted by Crippen LogP contribution is 2.24. The first-order valence-electron chi connectivity index (χ1n) is 8.65. The third-order valence-electron chi connectivity index (χ3n) is 4.04. The van der Waals surface area contributed by atoms with Gasteiger partial charge in [-0.2, -0.15) is 0 Å². The number of ether oxygens (including phenoxy) is 2. The lowest BCUT2D eigenvalue weighted by molar-refractivity contribution is 0.296. The minimum Gasteiger partial charge on any atom is -0.493 e. The van der Waals surface area contributed by atoms with Gasteiger partial charge in [-0.15, -0.1) is 0 Å². The van der Waals surface area contributed by atoms with Crippen LogP contribution >= 0.6 is 0 Å². The number of aryl methyl sites for hydroxylation is 1. The van der Waals surface area contributed by atoms with E-state index in [9.17, 15) is 0 Å². The zero-order chi connectivity index (χ0) is 18.4. The molecule has 0 saturated heterocycles. The predicted octanol–water partition coefficient (Wildman–Crippen LogP) is 4.22. The molecule has 0 unspecified atom stereocenters. The van der Waals surface area contributed by atoms with Crippen LogP contribution < -0.4 is 15.2 Å². The molecular weight excluding hydrogens is 326 g/mol. The SMILES string of the molecule is Cc1cc(OCc2ccc3ccccc3n2)ccc1OCCCC(=N)N. The van der Waals surface area contributed by atoms with Crippen molar-refractivity contribution in [3.05, 3.63) is 65.9 Å². The summed E-state index contributed by atoms with van der Waals surface area (Å²) in [6, 6.07) is 17.9. The first-order chi connectivity index (χ1) is 12.6. The van der Waals surface area contributed by atoms with Crippen molar-refractivity contribution in [3.8, 4) is 11.5 Å². The molecule has 0 aliphatic heterocycles. The molecule has 0 bridgehead atoms. The van der Waals surface area contributed by atoms with E-state index in [2.05, 4.69) is 11.1 Å². The Morgan fingerprint density at radius 3 is 2.73 bits per heavy atom. The van der Waals surface area contributed by atoms with Gasteiger partial charge in [0.2, 0.25) is 0 Å². The summed E-state index contributed by atoms with van der Waals surface area (Å²) in [4.78, 5) is 4.62. The van der Waals surface area contributed by atoms with Gasteiger partial charge in [0.1, 0.15) is 18.1 Å². The molecule has 0 atom stereocenters. The Morgan fingerprint density at radius 1 is 1.08 bits per heavy atom. The van der Waals surface area contributed by atoms with Crippen molar-refractivity contribution in [2.75, 3.05) is 6.61 Å². The number of nitrogens with two attached hydrogens (primary N) is 1. The molecule has 0 amide bonds. The van der Waals surface area contributed by atoms with Gasteiger partial charge < -0.3 is 15.2 Å². The standard InChI is InChI=1S/C21H23N3O2/c1-15-13-18(10-11-20(15)25-12-4-7-21(22)23)26-14-17-9-8-16-5-2-3-6-19(16)24-17/h2-3,5-6,8-11,13H,4,7,12,14H2,1H3,(H3,22,23). The molecule has 0 saturated carbocycles. The van der Waals surface area contributed by atoms with Gasteiger partial charge in [-0.05, 0) is 49.2 Å². The highest BCUT2D eigenvalue weighted by molar-refractivity contribution is 5.78. The highest BCUT2D eigenvalue weighted by atomic mass is 16.5. The van der Waals surface area contributed by atoms with Crippen molar-refractivity contribution < 1.29 is 9.47 Å². The van der Waals surface area contributed by atoms with Crippen LogP contribution in [0.25, 0.3) is 10.9 Å². The van der Waals surface area contributed by atoms with Crippen LogP contribution in [0.4, 0.5) is 0 Å². The van der Waals surface area contributed by atoms with Crippen LogP contribution in [0.1, 0.15) is 24.1 Å². The van der Waals surface area contributed by atoms with Crippen LogP contribution in [0.3, 0.4) is 0 Å².